The largest absolute Gasteiger partial charge is 0.0776 e. The first kappa shape index (κ1) is 32.9. The van der Waals surface area contributed by atoms with Crippen LogP contribution in [-0.4, -0.2) is 0 Å². The molecule has 8 aromatic carbocycles. The van der Waals surface area contributed by atoms with E-state index in [4.69, 9.17) is 0 Å². The third-order valence-corrected chi connectivity index (χ3v) is 8.46. The van der Waals surface area contributed by atoms with Gasteiger partial charge in [0.2, 0.25) is 0 Å². The molecule has 0 spiro atoms. The lowest BCUT2D eigenvalue weighted by molar-refractivity contribution is 1.50. The Morgan fingerprint density at radius 2 is 0.681 bits per heavy atom. The number of rotatable bonds is 4. The van der Waals surface area contributed by atoms with Gasteiger partial charge in [0.05, 0.1) is 0 Å². The van der Waals surface area contributed by atoms with E-state index in [-0.39, 0.29) is 7.43 Å². The van der Waals surface area contributed by atoms with Gasteiger partial charge in [-0.15, -0.1) is 0 Å². The highest BCUT2D eigenvalue weighted by Crippen LogP contribution is 2.46. The van der Waals surface area contributed by atoms with Crippen molar-refractivity contribution in [1.82, 2.24) is 0 Å². The molecule has 0 fully saturated rings. The predicted molar refractivity (Wildman–Crippen MR) is 210 cm³/mol. The van der Waals surface area contributed by atoms with E-state index in [1.165, 1.54) is 76.8 Å². The Balaban J connectivity index is 0.000000837. The molecule has 232 valence electrons. The van der Waals surface area contributed by atoms with Crippen LogP contribution in [0.4, 0.5) is 0 Å². The highest BCUT2D eigenvalue weighted by atomic mass is 14.2. The van der Waals surface area contributed by atoms with Crippen LogP contribution < -0.4 is 0 Å². The van der Waals surface area contributed by atoms with Crippen LogP contribution in [0, 0.1) is 0 Å². The molecule has 0 aliphatic heterocycles. The SMILES string of the molecule is C.CC.CC.c1ccc(-c2ccccc2-c2c3ccccc3c(-c3cccc(-c4cccc5ccccc45)c3)c3ccccc23)cc1. The zero-order valence-electron chi connectivity index (χ0n) is 27.2. The van der Waals surface area contributed by atoms with Crippen molar-refractivity contribution >= 4 is 32.3 Å². The fraction of sp³-hybridized carbons (Fsp3) is 0.106. The first-order valence-electron chi connectivity index (χ1n) is 16.5. The molecule has 0 heterocycles. The fourth-order valence-corrected chi connectivity index (χ4v) is 6.62. The standard InChI is InChI=1S/C42H28.2C2H6.CH4/c1-2-14-29(15-3-1)34-21-6-7-22-36(34)42-39-25-10-8-23-37(39)41(38-24-9-11-26-40(38)42)32-19-12-18-31(28-32)35-27-13-17-30-16-4-5-20-33(30)35;2*1-2;/h1-28H;2*1-2H3;1H4. The van der Waals surface area contributed by atoms with Gasteiger partial charge in [0.25, 0.3) is 0 Å². The number of hydrogen-bond donors (Lipinski definition) is 0. The van der Waals surface area contributed by atoms with Gasteiger partial charge in [-0.05, 0) is 82.9 Å². The summed E-state index contributed by atoms with van der Waals surface area (Å²) in [6.07, 6.45) is 0. The van der Waals surface area contributed by atoms with Gasteiger partial charge in [-0.2, -0.15) is 0 Å². The smallest absolute Gasteiger partial charge is 0.00201 e. The molecular formula is C47H44. The van der Waals surface area contributed by atoms with Gasteiger partial charge in [-0.3, -0.25) is 0 Å². The molecule has 0 aliphatic carbocycles. The summed E-state index contributed by atoms with van der Waals surface area (Å²) in [6.45, 7) is 8.00. The van der Waals surface area contributed by atoms with Gasteiger partial charge in [0.1, 0.15) is 0 Å². The van der Waals surface area contributed by atoms with Crippen molar-refractivity contribution in [3.05, 3.63) is 170 Å². The number of fused-ring (bicyclic) bond motifs is 3. The van der Waals surface area contributed by atoms with E-state index in [1.54, 1.807) is 0 Å². The van der Waals surface area contributed by atoms with Crippen molar-refractivity contribution in [2.75, 3.05) is 0 Å². The van der Waals surface area contributed by atoms with E-state index >= 15 is 0 Å². The molecule has 47 heavy (non-hydrogen) atoms. The summed E-state index contributed by atoms with van der Waals surface area (Å²) in [4.78, 5) is 0. The first-order chi connectivity index (χ1) is 22.9. The van der Waals surface area contributed by atoms with Gasteiger partial charge in [-0.1, -0.05) is 199 Å². The summed E-state index contributed by atoms with van der Waals surface area (Å²) in [6, 6.07) is 61.7. The fourth-order valence-electron chi connectivity index (χ4n) is 6.62. The summed E-state index contributed by atoms with van der Waals surface area (Å²) >= 11 is 0. The minimum absolute atomic E-state index is 0. The van der Waals surface area contributed by atoms with Gasteiger partial charge in [-0.25, -0.2) is 0 Å². The zero-order chi connectivity index (χ0) is 31.9. The van der Waals surface area contributed by atoms with Crippen LogP contribution in [0.5, 0.6) is 0 Å². The molecule has 0 unspecified atom stereocenters. The summed E-state index contributed by atoms with van der Waals surface area (Å²) in [7, 11) is 0. The molecule has 0 bridgehead atoms. The summed E-state index contributed by atoms with van der Waals surface area (Å²) in [5.41, 5.74) is 10.0. The van der Waals surface area contributed by atoms with Gasteiger partial charge >= 0.3 is 0 Å². The molecule has 0 saturated carbocycles. The molecule has 0 amide bonds. The minimum atomic E-state index is 0. The van der Waals surface area contributed by atoms with Crippen LogP contribution in [0.2, 0.25) is 0 Å². The second-order valence-corrected chi connectivity index (χ2v) is 10.9. The molecular weight excluding hydrogens is 565 g/mol. The maximum Gasteiger partial charge on any atom is -0.00201 e. The Morgan fingerprint density at radius 1 is 0.277 bits per heavy atom. The average molecular weight is 609 g/mol. The first-order valence-corrected chi connectivity index (χ1v) is 16.5. The second-order valence-electron chi connectivity index (χ2n) is 10.9. The van der Waals surface area contributed by atoms with Crippen LogP contribution >= 0.6 is 0 Å². The molecule has 0 aliphatic rings. The van der Waals surface area contributed by atoms with Crippen LogP contribution in [0.15, 0.2) is 170 Å². The molecule has 8 rings (SSSR count). The van der Waals surface area contributed by atoms with Crippen LogP contribution in [0.3, 0.4) is 0 Å². The summed E-state index contributed by atoms with van der Waals surface area (Å²) in [5.74, 6) is 0. The zero-order valence-corrected chi connectivity index (χ0v) is 27.2. The Bertz CT molecular complexity index is 2180. The minimum Gasteiger partial charge on any atom is -0.0776 e. The van der Waals surface area contributed by atoms with Crippen LogP contribution in [0.25, 0.3) is 76.8 Å². The maximum atomic E-state index is 2.37. The number of benzene rings is 8. The summed E-state index contributed by atoms with van der Waals surface area (Å²) in [5, 5.41) is 7.61. The molecule has 0 aromatic heterocycles. The third-order valence-electron chi connectivity index (χ3n) is 8.46. The van der Waals surface area contributed by atoms with E-state index in [0.29, 0.717) is 0 Å². The maximum absolute atomic E-state index is 2.37. The quantitative estimate of drug-likeness (QED) is 0.174. The van der Waals surface area contributed by atoms with E-state index in [1.807, 2.05) is 27.7 Å². The lowest BCUT2D eigenvalue weighted by atomic mass is 9.83. The van der Waals surface area contributed by atoms with Gasteiger partial charge in [0, 0.05) is 0 Å². The Hall–Kier alpha value is -5.46. The second kappa shape index (κ2) is 15.2. The topological polar surface area (TPSA) is 0 Å². The lowest BCUT2D eigenvalue weighted by Gasteiger charge is -2.20. The number of hydrogen-bond acceptors (Lipinski definition) is 0. The molecule has 0 N–H and O–H groups in total. The van der Waals surface area contributed by atoms with E-state index in [2.05, 4.69) is 170 Å². The van der Waals surface area contributed by atoms with Gasteiger partial charge < -0.3 is 0 Å². The van der Waals surface area contributed by atoms with Crippen LogP contribution in [0.1, 0.15) is 35.1 Å². The van der Waals surface area contributed by atoms with Crippen molar-refractivity contribution in [2.24, 2.45) is 0 Å². The van der Waals surface area contributed by atoms with Crippen molar-refractivity contribution < 1.29 is 0 Å². The monoisotopic (exact) mass is 608 g/mol. The highest BCUT2D eigenvalue weighted by Gasteiger charge is 2.19. The highest BCUT2D eigenvalue weighted by molar-refractivity contribution is 6.22. The van der Waals surface area contributed by atoms with Crippen molar-refractivity contribution in [3.8, 4) is 44.5 Å². The predicted octanol–water partition coefficient (Wildman–Crippen LogP) is 14.5. The average Bonchev–Trinajstić information content (AvgIpc) is 3.15. The molecule has 0 saturated heterocycles. The summed E-state index contributed by atoms with van der Waals surface area (Å²) < 4.78 is 0. The van der Waals surface area contributed by atoms with Crippen molar-refractivity contribution in [3.63, 3.8) is 0 Å². The Labute approximate surface area is 281 Å². The third kappa shape index (κ3) is 6.20. The van der Waals surface area contributed by atoms with Crippen molar-refractivity contribution in [1.29, 1.82) is 0 Å². The molecule has 8 aromatic rings. The van der Waals surface area contributed by atoms with Crippen LogP contribution in [-0.2, 0) is 0 Å². The molecule has 0 heteroatoms. The lowest BCUT2D eigenvalue weighted by Crippen LogP contribution is -1.93. The van der Waals surface area contributed by atoms with E-state index < -0.39 is 0 Å². The molecule has 0 atom stereocenters. The molecule has 0 nitrogen and oxygen atoms in total. The molecule has 0 radical (unpaired) electrons. The normalized spacial score (nSPS) is 10.4. The van der Waals surface area contributed by atoms with Crippen molar-refractivity contribution in [2.45, 2.75) is 35.1 Å². The Kier molecular flexibility index (Phi) is 10.7. The van der Waals surface area contributed by atoms with Gasteiger partial charge in [0.15, 0.2) is 0 Å². The van der Waals surface area contributed by atoms with E-state index in [9.17, 15) is 0 Å². The Morgan fingerprint density at radius 3 is 1.32 bits per heavy atom. The van der Waals surface area contributed by atoms with E-state index in [0.717, 1.165) is 0 Å².